The molecule has 0 aliphatic carbocycles. The molecule has 0 aromatic heterocycles. The molecule has 3 nitrogen and oxygen atoms in total. The fourth-order valence-corrected chi connectivity index (χ4v) is 3.63. The van der Waals surface area contributed by atoms with Gasteiger partial charge in [0.1, 0.15) is 0 Å². The van der Waals surface area contributed by atoms with Crippen molar-refractivity contribution in [2.24, 2.45) is 0 Å². The van der Waals surface area contributed by atoms with Gasteiger partial charge in [0.15, 0.2) is 0 Å². The molecule has 2 saturated heterocycles. The summed E-state index contributed by atoms with van der Waals surface area (Å²) in [5, 5.41) is 3.71. The van der Waals surface area contributed by atoms with E-state index < -0.39 is 0 Å². The average molecular weight is 273 g/mol. The fraction of sp³-hybridized carbons (Fsp3) is 0.647. The van der Waals surface area contributed by atoms with Crippen molar-refractivity contribution < 1.29 is 0 Å². The number of nitrogens with zero attached hydrogens (tertiary/aromatic N) is 2. The Kier molecular flexibility index (Phi) is 4.39. The van der Waals surface area contributed by atoms with E-state index in [1.165, 1.54) is 31.5 Å². The molecule has 110 valence electrons. The highest BCUT2D eigenvalue weighted by Crippen LogP contribution is 2.25. The molecule has 0 bridgehead atoms. The molecule has 2 aliphatic rings. The Bertz CT molecular complexity index is 412. The summed E-state index contributed by atoms with van der Waals surface area (Å²) in [6.07, 6.45) is 2.64. The van der Waals surface area contributed by atoms with Gasteiger partial charge in [0.2, 0.25) is 0 Å². The van der Waals surface area contributed by atoms with Crippen LogP contribution >= 0.6 is 0 Å². The zero-order valence-electron chi connectivity index (χ0n) is 12.8. The van der Waals surface area contributed by atoms with Gasteiger partial charge in [-0.05, 0) is 45.5 Å². The molecule has 2 atom stereocenters. The predicted octanol–water partition coefficient (Wildman–Crippen LogP) is 2.12. The van der Waals surface area contributed by atoms with Crippen LogP contribution in [-0.4, -0.2) is 55.1 Å². The van der Waals surface area contributed by atoms with E-state index in [2.05, 4.69) is 59.4 Å². The van der Waals surface area contributed by atoms with E-state index >= 15 is 0 Å². The van der Waals surface area contributed by atoms with Crippen LogP contribution in [0.3, 0.4) is 0 Å². The molecular weight excluding hydrogens is 246 g/mol. The maximum absolute atomic E-state index is 3.71. The molecule has 3 rings (SSSR count). The molecule has 1 N–H and O–H groups in total. The number of piperazine rings is 1. The van der Waals surface area contributed by atoms with Crippen LogP contribution in [0.15, 0.2) is 30.3 Å². The number of benzene rings is 1. The zero-order valence-corrected chi connectivity index (χ0v) is 12.8. The van der Waals surface area contributed by atoms with E-state index in [4.69, 9.17) is 0 Å². The third kappa shape index (κ3) is 3.05. The molecule has 1 aromatic rings. The number of piperidine rings is 1. The maximum Gasteiger partial charge on any atom is 0.0450 e. The molecule has 3 heteroatoms. The first-order valence-electron chi connectivity index (χ1n) is 7.96. The summed E-state index contributed by atoms with van der Waals surface area (Å²) in [6.45, 7) is 7.12. The van der Waals surface area contributed by atoms with Crippen molar-refractivity contribution in [3.8, 4) is 0 Å². The summed E-state index contributed by atoms with van der Waals surface area (Å²) in [4.78, 5) is 5.21. The number of hydrogen-bond acceptors (Lipinski definition) is 3. The van der Waals surface area contributed by atoms with Gasteiger partial charge >= 0.3 is 0 Å². The first-order valence-corrected chi connectivity index (χ1v) is 7.96. The lowest BCUT2D eigenvalue weighted by atomic mass is 9.96. The van der Waals surface area contributed by atoms with Gasteiger partial charge in [0.25, 0.3) is 0 Å². The van der Waals surface area contributed by atoms with E-state index in [1.807, 2.05) is 0 Å². The monoisotopic (exact) mass is 273 g/mol. The van der Waals surface area contributed by atoms with E-state index in [-0.39, 0.29) is 0 Å². The third-order valence-electron chi connectivity index (χ3n) is 4.98. The van der Waals surface area contributed by atoms with Crippen LogP contribution < -0.4 is 5.32 Å². The van der Waals surface area contributed by atoms with E-state index in [1.54, 1.807) is 0 Å². The Hall–Kier alpha value is -0.900. The Labute approximate surface area is 123 Å². The number of likely N-dealkylation sites (tertiary alicyclic amines) is 1. The van der Waals surface area contributed by atoms with Gasteiger partial charge in [0.05, 0.1) is 0 Å². The van der Waals surface area contributed by atoms with E-state index in [0.29, 0.717) is 12.1 Å². The van der Waals surface area contributed by atoms with Gasteiger partial charge in [-0.25, -0.2) is 0 Å². The lowest BCUT2D eigenvalue weighted by Gasteiger charge is -2.46. The quantitative estimate of drug-likeness (QED) is 0.890. The zero-order chi connectivity index (χ0) is 13.9. The van der Waals surface area contributed by atoms with Crippen molar-refractivity contribution in [2.75, 3.05) is 33.2 Å². The van der Waals surface area contributed by atoms with E-state index in [0.717, 1.165) is 19.1 Å². The molecule has 0 spiro atoms. The standard InChI is InChI=1S/C17H27N3/c1-14-12-18-17(15-6-4-3-5-7-15)13-20(14)16-8-10-19(2)11-9-16/h3-7,14,16-18H,8-13H2,1-2H3. The molecule has 0 amide bonds. The second kappa shape index (κ2) is 6.25. The van der Waals surface area contributed by atoms with Gasteiger partial charge in [-0.2, -0.15) is 0 Å². The highest BCUT2D eigenvalue weighted by molar-refractivity contribution is 5.20. The average Bonchev–Trinajstić information content (AvgIpc) is 2.50. The van der Waals surface area contributed by atoms with E-state index in [9.17, 15) is 0 Å². The van der Waals surface area contributed by atoms with Gasteiger partial charge in [-0.3, -0.25) is 4.90 Å². The number of rotatable bonds is 2. The largest absolute Gasteiger partial charge is 0.307 e. The summed E-state index contributed by atoms with van der Waals surface area (Å²) in [5.41, 5.74) is 1.43. The van der Waals surface area contributed by atoms with Crippen LogP contribution in [0, 0.1) is 0 Å². The number of nitrogens with one attached hydrogen (secondary N) is 1. The Morgan fingerprint density at radius 2 is 1.80 bits per heavy atom. The minimum atomic E-state index is 0.493. The second-order valence-corrected chi connectivity index (χ2v) is 6.45. The molecule has 2 fully saturated rings. The van der Waals surface area contributed by atoms with Crippen LogP contribution in [0.25, 0.3) is 0 Å². The van der Waals surface area contributed by atoms with Crippen molar-refractivity contribution in [1.82, 2.24) is 15.1 Å². The summed E-state index contributed by atoms with van der Waals surface area (Å²) < 4.78 is 0. The summed E-state index contributed by atoms with van der Waals surface area (Å²) in [6, 6.07) is 12.8. The van der Waals surface area contributed by atoms with Crippen LogP contribution in [0.4, 0.5) is 0 Å². The number of hydrogen-bond donors (Lipinski definition) is 1. The fourth-order valence-electron chi connectivity index (χ4n) is 3.63. The minimum absolute atomic E-state index is 0.493. The first kappa shape index (κ1) is 14.1. The summed E-state index contributed by atoms with van der Waals surface area (Å²) >= 11 is 0. The molecule has 1 aromatic carbocycles. The van der Waals surface area contributed by atoms with Crippen LogP contribution in [0.2, 0.25) is 0 Å². The third-order valence-corrected chi connectivity index (χ3v) is 4.98. The lowest BCUT2D eigenvalue weighted by molar-refractivity contribution is 0.0542. The normalized spacial score (nSPS) is 30.5. The molecular formula is C17H27N3. The maximum atomic E-state index is 3.71. The smallest absolute Gasteiger partial charge is 0.0450 e. The Balaban J connectivity index is 1.67. The van der Waals surface area contributed by atoms with Crippen LogP contribution in [0.1, 0.15) is 31.4 Å². The predicted molar refractivity (Wildman–Crippen MR) is 83.9 cm³/mol. The van der Waals surface area contributed by atoms with Gasteiger partial charge < -0.3 is 10.2 Å². The SMILES string of the molecule is CC1CNC(c2ccccc2)CN1C1CCN(C)CC1. The van der Waals surface area contributed by atoms with Crippen molar-refractivity contribution in [1.29, 1.82) is 0 Å². The summed E-state index contributed by atoms with van der Waals surface area (Å²) in [7, 11) is 2.24. The van der Waals surface area contributed by atoms with Gasteiger partial charge in [-0.1, -0.05) is 30.3 Å². The molecule has 20 heavy (non-hydrogen) atoms. The van der Waals surface area contributed by atoms with Crippen molar-refractivity contribution in [3.05, 3.63) is 35.9 Å². The van der Waals surface area contributed by atoms with Crippen LogP contribution in [0.5, 0.6) is 0 Å². The lowest BCUT2D eigenvalue weighted by Crippen LogP contribution is -2.57. The van der Waals surface area contributed by atoms with Crippen molar-refractivity contribution in [3.63, 3.8) is 0 Å². The van der Waals surface area contributed by atoms with Crippen LogP contribution in [-0.2, 0) is 0 Å². The Morgan fingerprint density at radius 1 is 1.10 bits per heavy atom. The second-order valence-electron chi connectivity index (χ2n) is 6.45. The molecule has 2 aliphatic heterocycles. The topological polar surface area (TPSA) is 18.5 Å². The summed E-state index contributed by atoms with van der Waals surface area (Å²) in [5.74, 6) is 0. The molecule has 2 unspecified atom stereocenters. The molecule has 0 radical (unpaired) electrons. The molecule has 0 saturated carbocycles. The highest BCUT2D eigenvalue weighted by Gasteiger charge is 2.32. The highest BCUT2D eigenvalue weighted by atomic mass is 15.3. The van der Waals surface area contributed by atoms with Gasteiger partial charge in [0, 0.05) is 31.2 Å². The minimum Gasteiger partial charge on any atom is -0.307 e. The molecule has 2 heterocycles. The van der Waals surface area contributed by atoms with Gasteiger partial charge in [-0.15, -0.1) is 0 Å². The van der Waals surface area contributed by atoms with Crippen molar-refractivity contribution >= 4 is 0 Å². The van der Waals surface area contributed by atoms with Crippen molar-refractivity contribution in [2.45, 2.75) is 37.9 Å². The Morgan fingerprint density at radius 3 is 2.50 bits per heavy atom. The first-order chi connectivity index (χ1) is 9.74.